The summed E-state index contributed by atoms with van der Waals surface area (Å²) in [5.74, 6) is -1.85. The number of ether oxygens (including phenoxy) is 1. The molecule has 3 heterocycles. The maximum atomic E-state index is 15.4. The predicted molar refractivity (Wildman–Crippen MR) is 125 cm³/mol. The predicted octanol–water partition coefficient (Wildman–Crippen LogP) is 5.69. The zero-order valence-electron chi connectivity index (χ0n) is 17.6. The van der Waals surface area contributed by atoms with Gasteiger partial charge in [-0.05, 0) is 77.9 Å². The SMILES string of the molecule is Cc1ccsc1C(=O)N1CCC[C@]2([S+]([O-])c3ccc(Cl)cc3)c3c(F)ccc(F)c3OC[C@H]12. The Morgan fingerprint density at radius 3 is 2.64 bits per heavy atom. The van der Waals surface area contributed by atoms with Crippen LogP contribution in [0, 0.1) is 18.6 Å². The number of thiophene rings is 1. The number of halogens is 3. The minimum Gasteiger partial charge on any atom is -0.611 e. The Hall–Kier alpha value is -2.13. The Bertz CT molecular complexity index is 1220. The van der Waals surface area contributed by atoms with Gasteiger partial charge in [0.25, 0.3) is 5.91 Å². The molecular weight excluding hydrogens is 488 g/mol. The van der Waals surface area contributed by atoms with Gasteiger partial charge in [-0.3, -0.25) is 4.79 Å². The van der Waals surface area contributed by atoms with Crippen LogP contribution in [0.15, 0.2) is 52.7 Å². The highest BCUT2D eigenvalue weighted by atomic mass is 35.5. The van der Waals surface area contributed by atoms with Crippen molar-refractivity contribution >= 4 is 40.0 Å². The van der Waals surface area contributed by atoms with Crippen LogP contribution in [0.5, 0.6) is 5.75 Å². The van der Waals surface area contributed by atoms with E-state index in [9.17, 15) is 13.7 Å². The lowest BCUT2D eigenvalue weighted by Crippen LogP contribution is -2.64. The number of amides is 1. The molecule has 2 aliphatic heterocycles. The molecule has 1 unspecified atom stereocenters. The minimum absolute atomic E-state index is 0.0626. The third-order valence-corrected chi connectivity index (χ3v) is 9.70. The Balaban J connectivity index is 1.70. The Labute approximate surface area is 202 Å². The van der Waals surface area contributed by atoms with Crippen molar-refractivity contribution in [3.8, 4) is 5.75 Å². The normalized spacial score (nSPS) is 22.8. The second kappa shape index (κ2) is 8.58. The van der Waals surface area contributed by atoms with Crippen molar-refractivity contribution in [2.24, 2.45) is 0 Å². The molecule has 1 aromatic heterocycles. The fraction of sp³-hybridized carbons (Fsp3) is 0.292. The van der Waals surface area contributed by atoms with Crippen LogP contribution in [0.4, 0.5) is 8.78 Å². The highest BCUT2D eigenvalue weighted by Gasteiger charge is 2.62. The van der Waals surface area contributed by atoms with Gasteiger partial charge < -0.3 is 14.2 Å². The van der Waals surface area contributed by atoms with Crippen molar-refractivity contribution in [1.82, 2.24) is 4.90 Å². The van der Waals surface area contributed by atoms with Crippen molar-refractivity contribution in [3.05, 3.63) is 80.5 Å². The summed E-state index contributed by atoms with van der Waals surface area (Å²) in [5.41, 5.74) is 0.779. The number of carbonyl (C=O) groups excluding carboxylic acids is 1. The van der Waals surface area contributed by atoms with E-state index < -0.39 is 33.6 Å². The quantitative estimate of drug-likeness (QED) is 0.428. The fourth-order valence-corrected chi connectivity index (χ4v) is 7.83. The van der Waals surface area contributed by atoms with E-state index in [0.29, 0.717) is 34.2 Å². The van der Waals surface area contributed by atoms with E-state index in [2.05, 4.69) is 0 Å². The van der Waals surface area contributed by atoms with Crippen LogP contribution in [-0.4, -0.2) is 34.6 Å². The van der Waals surface area contributed by atoms with E-state index >= 15 is 4.39 Å². The smallest absolute Gasteiger partial charge is 0.264 e. The largest absolute Gasteiger partial charge is 0.611 e. The maximum Gasteiger partial charge on any atom is 0.264 e. The molecule has 172 valence electrons. The number of aryl methyl sites for hydroxylation is 1. The molecule has 5 rings (SSSR count). The average Bonchev–Trinajstić information content (AvgIpc) is 3.25. The van der Waals surface area contributed by atoms with Crippen LogP contribution in [0.2, 0.25) is 5.02 Å². The van der Waals surface area contributed by atoms with E-state index in [4.69, 9.17) is 16.3 Å². The van der Waals surface area contributed by atoms with Crippen LogP contribution >= 0.6 is 22.9 Å². The number of carbonyl (C=O) groups is 1. The standard InChI is InChI=1S/C24H20ClF2NO3S2/c1-14-9-12-32-22(14)23(29)28-11-2-10-24(33(30)16-5-3-15(25)4-6-16)19(28)13-31-21-18(27)8-7-17(26)20(21)24/h3-9,12,19H,2,10-11,13H2,1H3/t19-,24+,33?/m0/s1. The highest BCUT2D eigenvalue weighted by Crippen LogP contribution is 2.54. The minimum atomic E-state index is -1.82. The first-order chi connectivity index (χ1) is 15.8. The van der Waals surface area contributed by atoms with Crippen LogP contribution in [0.3, 0.4) is 0 Å². The van der Waals surface area contributed by atoms with Gasteiger partial charge >= 0.3 is 0 Å². The van der Waals surface area contributed by atoms with Crippen LogP contribution in [0.1, 0.15) is 33.6 Å². The van der Waals surface area contributed by atoms with E-state index in [1.807, 2.05) is 18.4 Å². The number of hydrogen-bond donors (Lipinski definition) is 0. The van der Waals surface area contributed by atoms with Crippen molar-refractivity contribution in [3.63, 3.8) is 0 Å². The van der Waals surface area contributed by atoms with Gasteiger partial charge in [-0.25, -0.2) is 8.78 Å². The maximum absolute atomic E-state index is 15.4. The second-order valence-electron chi connectivity index (χ2n) is 8.21. The highest BCUT2D eigenvalue weighted by molar-refractivity contribution is 7.92. The molecule has 0 spiro atoms. The van der Waals surface area contributed by atoms with Crippen molar-refractivity contribution < 1.29 is 22.9 Å². The molecule has 1 amide bonds. The zero-order valence-corrected chi connectivity index (χ0v) is 20.0. The van der Waals surface area contributed by atoms with Gasteiger partial charge in [0.05, 0.1) is 10.4 Å². The molecule has 3 atom stereocenters. The third-order valence-electron chi connectivity index (χ3n) is 6.40. The van der Waals surface area contributed by atoms with Gasteiger partial charge in [0.15, 0.2) is 21.2 Å². The van der Waals surface area contributed by atoms with Crippen LogP contribution in [-0.2, 0) is 15.9 Å². The average molecular weight is 508 g/mol. The molecule has 2 aromatic carbocycles. The summed E-state index contributed by atoms with van der Waals surface area (Å²) in [6.45, 7) is 2.19. The first-order valence-corrected chi connectivity index (χ1v) is 12.9. The summed E-state index contributed by atoms with van der Waals surface area (Å²) in [7, 11) is 0. The van der Waals surface area contributed by atoms with E-state index in [0.717, 1.165) is 17.7 Å². The lowest BCUT2D eigenvalue weighted by molar-refractivity contribution is 0.0322. The van der Waals surface area contributed by atoms with E-state index in [1.54, 1.807) is 29.2 Å². The first-order valence-electron chi connectivity index (χ1n) is 10.5. The van der Waals surface area contributed by atoms with E-state index in [1.165, 1.54) is 11.3 Å². The first kappa shape index (κ1) is 22.7. The van der Waals surface area contributed by atoms with Gasteiger partial charge in [-0.15, -0.1) is 11.3 Å². The molecular formula is C24H20ClF2NO3S2. The summed E-state index contributed by atoms with van der Waals surface area (Å²) in [5, 5.41) is 2.32. The van der Waals surface area contributed by atoms with Crippen molar-refractivity contribution in [1.29, 1.82) is 0 Å². The van der Waals surface area contributed by atoms with E-state index in [-0.39, 0.29) is 23.8 Å². The summed E-state index contributed by atoms with van der Waals surface area (Å²) >= 11 is 5.53. The third kappa shape index (κ3) is 3.55. The van der Waals surface area contributed by atoms with Gasteiger partial charge in [-0.2, -0.15) is 0 Å². The molecule has 2 aliphatic rings. The van der Waals surface area contributed by atoms with Crippen molar-refractivity contribution in [2.75, 3.05) is 13.2 Å². The monoisotopic (exact) mass is 507 g/mol. The summed E-state index contributed by atoms with van der Waals surface area (Å²) in [6, 6.07) is 9.65. The van der Waals surface area contributed by atoms with Crippen molar-refractivity contribution in [2.45, 2.75) is 35.4 Å². The number of piperidine rings is 1. The molecule has 0 aliphatic carbocycles. The number of benzene rings is 2. The molecule has 0 saturated carbocycles. The molecule has 9 heteroatoms. The molecule has 1 fully saturated rings. The topological polar surface area (TPSA) is 52.6 Å². The van der Waals surface area contributed by atoms with Crippen LogP contribution in [0.25, 0.3) is 0 Å². The Kier molecular flexibility index (Phi) is 5.89. The Morgan fingerprint density at radius 1 is 1.21 bits per heavy atom. The number of hydrogen-bond acceptors (Lipinski definition) is 4. The van der Waals surface area contributed by atoms with Gasteiger partial charge in [0.1, 0.15) is 18.5 Å². The molecule has 4 nitrogen and oxygen atoms in total. The lowest BCUT2D eigenvalue weighted by atomic mass is 9.80. The summed E-state index contributed by atoms with van der Waals surface area (Å²) < 4.78 is 48.6. The fourth-order valence-electron chi connectivity index (χ4n) is 4.88. The van der Waals surface area contributed by atoms with Gasteiger partial charge in [0.2, 0.25) is 0 Å². The number of likely N-dealkylation sites (tertiary alicyclic amines) is 1. The van der Waals surface area contributed by atoms with Gasteiger partial charge in [0, 0.05) is 18.0 Å². The molecule has 0 N–H and O–H groups in total. The lowest BCUT2D eigenvalue weighted by Gasteiger charge is -2.51. The van der Waals surface area contributed by atoms with Crippen LogP contribution < -0.4 is 4.74 Å². The Morgan fingerprint density at radius 2 is 1.94 bits per heavy atom. The molecule has 3 aromatic rings. The zero-order chi connectivity index (χ0) is 23.3. The molecule has 1 saturated heterocycles. The number of rotatable bonds is 3. The number of fused-ring (bicyclic) bond motifs is 3. The molecule has 0 radical (unpaired) electrons. The van der Waals surface area contributed by atoms with Gasteiger partial charge in [-0.1, -0.05) is 11.6 Å². The number of nitrogens with zero attached hydrogens (tertiary/aromatic N) is 1. The summed E-state index contributed by atoms with van der Waals surface area (Å²) in [6.07, 6.45) is 0.804. The molecule has 0 bridgehead atoms. The second-order valence-corrected chi connectivity index (χ2v) is 11.3. The molecule has 33 heavy (non-hydrogen) atoms. The summed E-state index contributed by atoms with van der Waals surface area (Å²) in [4.78, 5) is 16.2.